The first kappa shape index (κ1) is 26.9. The smallest absolute Gasteiger partial charge is 0.303 e. The summed E-state index contributed by atoms with van der Waals surface area (Å²) < 4.78 is 0. The highest BCUT2D eigenvalue weighted by molar-refractivity contribution is 5.93. The maximum absolute atomic E-state index is 12.8. The fraction of sp³-hybridized carbons (Fsp3) is 0.606. The number of unbranched alkanes of at least 4 members (excludes halogenated alkanes) is 2. The molecule has 0 heterocycles. The van der Waals surface area contributed by atoms with Gasteiger partial charge in [0.05, 0.1) is 0 Å². The Morgan fingerprint density at radius 2 is 1.79 bits per heavy atom. The fourth-order valence-electron chi connectivity index (χ4n) is 8.52. The monoisotopic (exact) mass is 517 g/mol. The fourth-order valence-corrected chi connectivity index (χ4v) is 8.52. The van der Waals surface area contributed by atoms with E-state index in [9.17, 15) is 14.4 Å². The van der Waals surface area contributed by atoms with E-state index in [1.165, 1.54) is 22.4 Å². The summed E-state index contributed by atoms with van der Waals surface area (Å²) in [5.74, 6) is 1.42. The van der Waals surface area contributed by atoms with Gasteiger partial charge in [0.25, 0.3) is 0 Å². The number of carboxylic acid groups (broad SMARTS) is 1. The number of anilines is 1. The Kier molecular flexibility index (Phi) is 7.66. The van der Waals surface area contributed by atoms with Crippen molar-refractivity contribution < 1.29 is 19.5 Å². The highest BCUT2D eigenvalue weighted by Gasteiger charge is 2.57. The lowest BCUT2D eigenvalue weighted by Crippen LogP contribution is -2.44. The third-order valence-corrected chi connectivity index (χ3v) is 10.3. The Morgan fingerprint density at radius 1 is 1.03 bits per heavy atom. The second kappa shape index (κ2) is 10.8. The Bertz CT molecular complexity index is 1160. The number of Topliss-reactive ketones (excluding diaryl/α,β-unsaturated/α-hetero) is 1. The second-order valence-corrected chi connectivity index (χ2v) is 12.5. The van der Waals surface area contributed by atoms with Gasteiger partial charge < -0.3 is 10.0 Å². The van der Waals surface area contributed by atoms with Crippen molar-refractivity contribution in [1.82, 2.24) is 0 Å². The maximum Gasteiger partial charge on any atom is 0.303 e. The van der Waals surface area contributed by atoms with Gasteiger partial charge in [0.1, 0.15) is 5.78 Å². The number of allylic oxidation sites excluding steroid dienone is 4. The van der Waals surface area contributed by atoms with Crippen LogP contribution in [0.4, 0.5) is 5.69 Å². The van der Waals surface area contributed by atoms with Crippen LogP contribution in [0.25, 0.3) is 0 Å². The predicted molar refractivity (Wildman–Crippen MR) is 150 cm³/mol. The van der Waals surface area contributed by atoms with Gasteiger partial charge in [-0.2, -0.15) is 0 Å². The molecular weight excluding hydrogens is 474 g/mol. The zero-order valence-electron chi connectivity index (χ0n) is 23.3. The molecule has 1 N–H and O–H groups in total. The molecule has 2 saturated carbocycles. The average molecular weight is 518 g/mol. The van der Waals surface area contributed by atoms with Crippen LogP contribution in [0.15, 0.2) is 47.1 Å². The van der Waals surface area contributed by atoms with Gasteiger partial charge >= 0.3 is 5.97 Å². The summed E-state index contributed by atoms with van der Waals surface area (Å²) in [5.41, 5.74) is 6.87. The lowest BCUT2D eigenvalue weighted by molar-refractivity contribution is -0.137. The van der Waals surface area contributed by atoms with Gasteiger partial charge in [-0.1, -0.05) is 31.1 Å². The van der Waals surface area contributed by atoms with Crippen LogP contribution in [0.3, 0.4) is 0 Å². The molecule has 5 nitrogen and oxygen atoms in total. The Hall–Kier alpha value is -2.69. The molecular formula is C33H43NO4. The minimum absolute atomic E-state index is 0.0301. The molecule has 5 heteroatoms. The topological polar surface area (TPSA) is 74.7 Å². The van der Waals surface area contributed by atoms with Crippen LogP contribution in [-0.2, 0) is 14.4 Å². The van der Waals surface area contributed by atoms with Crippen LogP contribution in [-0.4, -0.2) is 36.2 Å². The van der Waals surface area contributed by atoms with E-state index in [-0.39, 0.29) is 23.5 Å². The van der Waals surface area contributed by atoms with Gasteiger partial charge in [0.15, 0.2) is 5.78 Å². The van der Waals surface area contributed by atoms with Crippen LogP contribution in [0, 0.1) is 23.2 Å². The SMILES string of the molecule is CC(=O)C1CCC2C3CCC4=CC(=O)CCC4=C3C(c3ccc(N(C)CCCCCC(=O)O)cc3)CC12C. The number of carbonyl (C=O) groups is 3. The van der Waals surface area contributed by atoms with E-state index in [1.807, 2.05) is 6.08 Å². The van der Waals surface area contributed by atoms with Gasteiger partial charge in [-0.25, -0.2) is 0 Å². The van der Waals surface area contributed by atoms with E-state index in [0.29, 0.717) is 30.0 Å². The zero-order chi connectivity index (χ0) is 27.0. The summed E-state index contributed by atoms with van der Waals surface area (Å²) in [6.45, 7) is 5.09. The summed E-state index contributed by atoms with van der Waals surface area (Å²) in [5, 5.41) is 8.84. The third-order valence-electron chi connectivity index (χ3n) is 10.3. The predicted octanol–water partition coefficient (Wildman–Crippen LogP) is 6.87. The average Bonchev–Trinajstić information content (AvgIpc) is 3.24. The van der Waals surface area contributed by atoms with Crippen LogP contribution in [0.1, 0.15) is 96.0 Å². The molecule has 5 unspecified atom stereocenters. The highest BCUT2D eigenvalue weighted by atomic mass is 16.4. The largest absolute Gasteiger partial charge is 0.481 e. The Balaban J connectivity index is 1.42. The van der Waals surface area contributed by atoms with Crippen molar-refractivity contribution in [3.8, 4) is 0 Å². The van der Waals surface area contributed by atoms with Crippen molar-refractivity contribution >= 4 is 23.2 Å². The minimum Gasteiger partial charge on any atom is -0.481 e. The molecule has 0 aromatic heterocycles. The lowest BCUT2D eigenvalue weighted by atomic mass is 9.51. The summed E-state index contributed by atoms with van der Waals surface area (Å²) >= 11 is 0. The zero-order valence-corrected chi connectivity index (χ0v) is 23.3. The number of hydrogen-bond acceptors (Lipinski definition) is 4. The Labute approximate surface area is 227 Å². The van der Waals surface area contributed by atoms with Crippen molar-refractivity contribution in [3.05, 3.63) is 52.6 Å². The van der Waals surface area contributed by atoms with Crippen molar-refractivity contribution in [2.75, 3.05) is 18.5 Å². The van der Waals surface area contributed by atoms with Gasteiger partial charge in [0, 0.05) is 44.0 Å². The molecule has 0 aliphatic heterocycles. The number of ketones is 2. The molecule has 5 rings (SSSR count). The Morgan fingerprint density at radius 3 is 2.50 bits per heavy atom. The number of rotatable bonds is 9. The van der Waals surface area contributed by atoms with Crippen molar-refractivity contribution in [1.29, 1.82) is 0 Å². The van der Waals surface area contributed by atoms with E-state index in [4.69, 9.17) is 5.11 Å². The van der Waals surface area contributed by atoms with E-state index in [1.54, 1.807) is 12.5 Å². The second-order valence-electron chi connectivity index (χ2n) is 12.5. The molecule has 0 amide bonds. The van der Waals surface area contributed by atoms with E-state index in [0.717, 1.165) is 64.3 Å². The van der Waals surface area contributed by atoms with Crippen LogP contribution >= 0.6 is 0 Å². The van der Waals surface area contributed by atoms with Gasteiger partial charge in [-0.05, 0) is 110 Å². The normalized spacial score (nSPS) is 30.3. The summed E-state index contributed by atoms with van der Waals surface area (Å²) in [6.07, 6.45) is 11.5. The van der Waals surface area contributed by atoms with Crippen LogP contribution in [0.2, 0.25) is 0 Å². The molecule has 2 fully saturated rings. The van der Waals surface area contributed by atoms with E-state index < -0.39 is 5.97 Å². The molecule has 0 spiro atoms. The summed E-state index contributed by atoms with van der Waals surface area (Å²) in [7, 11) is 2.10. The number of carboxylic acids is 1. The van der Waals surface area contributed by atoms with Gasteiger partial charge in [-0.15, -0.1) is 0 Å². The quantitative estimate of drug-likeness (QED) is 0.362. The molecule has 38 heavy (non-hydrogen) atoms. The standard InChI is InChI=1S/C33H43NO4/c1-21(35)29-16-17-30-27-14-10-23-19-25(36)13-15-26(23)32(27)28(20-33(29,30)2)22-8-11-24(12-9-22)34(3)18-6-4-5-7-31(37)38/h8-9,11-12,19,27-30H,4-7,10,13-18,20H2,1-3H3,(H,37,38). The molecule has 1 aromatic carbocycles. The number of fused-ring (bicyclic) bond motifs is 4. The number of benzene rings is 1. The highest BCUT2D eigenvalue weighted by Crippen LogP contribution is 2.65. The maximum atomic E-state index is 12.8. The van der Waals surface area contributed by atoms with E-state index in [2.05, 4.69) is 43.1 Å². The molecule has 0 radical (unpaired) electrons. The molecule has 0 bridgehead atoms. The molecule has 4 aliphatic carbocycles. The van der Waals surface area contributed by atoms with Gasteiger partial charge in [0.2, 0.25) is 0 Å². The van der Waals surface area contributed by atoms with Crippen molar-refractivity contribution in [2.45, 2.75) is 90.4 Å². The number of carbonyl (C=O) groups excluding carboxylic acids is 2. The molecule has 4 aliphatic rings. The summed E-state index contributed by atoms with van der Waals surface area (Å²) in [4.78, 5) is 38.0. The van der Waals surface area contributed by atoms with Crippen LogP contribution in [0.5, 0.6) is 0 Å². The molecule has 5 atom stereocenters. The third kappa shape index (κ3) is 5.01. The van der Waals surface area contributed by atoms with E-state index >= 15 is 0 Å². The molecule has 0 saturated heterocycles. The first-order valence-electron chi connectivity index (χ1n) is 14.7. The summed E-state index contributed by atoms with van der Waals surface area (Å²) in [6, 6.07) is 9.03. The van der Waals surface area contributed by atoms with Crippen LogP contribution < -0.4 is 4.90 Å². The van der Waals surface area contributed by atoms with Crippen molar-refractivity contribution in [2.24, 2.45) is 23.2 Å². The lowest BCUT2D eigenvalue weighted by Gasteiger charge is -2.52. The first-order valence-corrected chi connectivity index (χ1v) is 14.7. The first-order chi connectivity index (χ1) is 18.2. The number of hydrogen-bond donors (Lipinski definition) is 1. The number of nitrogens with zero attached hydrogens (tertiary/aromatic N) is 1. The number of aliphatic carboxylic acids is 1. The minimum atomic E-state index is -0.720. The molecule has 204 valence electrons. The van der Waals surface area contributed by atoms with Gasteiger partial charge in [-0.3, -0.25) is 14.4 Å². The van der Waals surface area contributed by atoms with Crippen molar-refractivity contribution in [3.63, 3.8) is 0 Å². The molecule has 1 aromatic rings.